The lowest BCUT2D eigenvalue weighted by molar-refractivity contribution is -0.274. The van der Waals surface area contributed by atoms with E-state index in [1.807, 2.05) is 25.1 Å². The number of fused-ring (bicyclic) bond motifs is 1. The standard InChI is InChI=1S/C24H28F3N5O2/c1-4-32(5-2)13-7-12-28-22(33)17-10-11-20(34-24(25,26)27)19(14-17)30-23-29-15-18-9-6-8-16(3)21(18)31-23/h6,8-11,14-15H,4-5,7,12-13H2,1-3H3,(H,28,33)(H,29,30,31). The third-order valence-electron chi connectivity index (χ3n) is 5.36. The van der Waals surface area contributed by atoms with Gasteiger partial charge in [-0.1, -0.05) is 32.0 Å². The fourth-order valence-corrected chi connectivity index (χ4v) is 3.51. The van der Waals surface area contributed by atoms with Crippen LogP contribution in [0.1, 0.15) is 36.2 Å². The number of rotatable bonds is 10. The maximum Gasteiger partial charge on any atom is 0.573 e. The summed E-state index contributed by atoms with van der Waals surface area (Å²) < 4.78 is 43.0. The van der Waals surface area contributed by atoms with Gasteiger partial charge >= 0.3 is 6.36 Å². The van der Waals surface area contributed by atoms with Gasteiger partial charge in [0, 0.05) is 23.7 Å². The van der Waals surface area contributed by atoms with Gasteiger partial charge in [0.25, 0.3) is 5.91 Å². The number of hydrogen-bond donors (Lipinski definition) is 2. The van der Waals surface area contributed by atoms with Crippen LogP contribution in [0.5, 0.6) is 5.75 Å². The molecule has 2 N–H and O–H groups in total. The normalized spacial score (nSPS) is 11.6. The summed E-state index contributed by atoms with van der Waals surface area (Å²) in [6.07, 6.45) is -2.56. The topological polar surface area (TPSA) is 79.4 Å². The zero-order valence-electron chi connectivity index (χ0n) is 19.4. The van der Waals surface area contributed by atoms with Crippen molar-refractivity contribution < 1.29 is 22.7 Å². The van der Waals surface area contributed by atoms with E-state index in [4.69, 9.17) is 0 Å². The monoisotopic (exact) mass is 475 g/mol. The van der Waals surface area contributed by atoms with E-state index in [1.165, 1.54) is 12.1 Å². The highest BCUT2D eigenvalue weighted by Gasteiger charge is 2.32. The third kappa shape index (κ3) is 6.80. The van der Waals surface area contributed by atoms with Crippen LogP contribution in [0, 0.1) is 6.92 Å². The summed E-state index contributed by atoms with van der Waals surface area (Å²) in [5.74, 6) is -0.791. The van der Waals surface area contributed by atoms with Gasteiger partial charge < -0.3 is 20.3 Å². The second-order valence-corrected chi connectivity index (χ2v) is 7.73. The molecule has 7 nitrogen and oxygen atoms in total. The van der Waals surface area contributed by atoms with Gasteiger partial charge in [-0.2, -0.15) is 0 Å². The lowest BCUT2D eigenvalue weighted by atomic mass is 10.1. The molecule has 1 aromatic heterocycles. The van der Waals surface area contributed by atoms with E-state index < -0.39 is 18.0 Å². The zero-order chi connectivity index (χ0) is 24.7. The van der Waals surface area contributed by atoms with E-state index >= 15 is 0 Å². The van der Waals surface area contributed by atoms with Crippen molar-refractivity contribution in [3.63, 3.8) is 0 Å². The van der Waals surface area contributed by atoms with Crippen molar-refractivity contribution in [2.45, 2.75) is 33.6 Å². The summed E-state index contributed by atoms with van der Waals surface area (Å²) in [7, 11) is 0. The number of anilines is 2. The summed E-state index contributed by atoms with van der Waals surface area (Å²) in [5, 5.41) is 6.38. The second-order valence-electron chi connectivity index (χ2n) is 7.73. The molecule has 0 spiro atoms. The van der Waals surface area contributed by atoms with Crippen molar-refractivity contribution in [3.8, 4) is 5.75 Å². The summed E-state index contributed by atoms with van der Waals surface area (Å²) in [6.45, 7) is 9.17. The lowest BCUT2D eigenvalue weighted by Crippen LogP contribution is -2.30. The lowest BCUT2D eigenvalue weighted by Gasteiger charge is -2.18. The molecule has 10 heteroatoms. The summed E-state index contributed by atoms with van der Waals surface area (Å²) in [4.78, 5) is 23.4. The Kier molecular flexibility index (Phi) is 8.27. The molecule has 0 aliphatic rings. The van der Waals surface area contributed by atoms with Gasteiger partial charge in [0.05, 0.1) is 11.2 Å². The Bertz CT molecular complexity index is 1130. The van der Waals surface area contributed by atoms with Crippen LogP contribution in [0.2, 0.25) is 0 Å². The Labute approximate surface area is 196 Å². The van der Waals surface area contributed by atoms with E-state index in [0.29, 0.717) is 12.1 Å². The number of nitrogens with one attached hydrogen (secondary N) is 2. The number of carbonyl (C=O) groups is 1. The van der Waals surface area contributed by atoms with Crippen molar-refractivity contribution in [2.24, 2.45) is 0 Å². The SMILES string of the molecule is CCN(CC)CCCNC(=O)c1ccc(OC(F)(F)F)c(Nc2ncc3cccc(C)c3n2)c1. The number of hydrogen-bond acceptors (Lipinski definition) is 6. The molecule has 0 saturated carbocycles. The van der Waals surface area contributed by atoms with Crippen LogP contribution in [0.4, 0.5) is 24.8 Å². The van der Waals surface area contributed by atoms with Gasteiger partial charge in [0.2, 0.25) is 5.95 Å². The summed E-state index contributed by atoms with van der Waals surface area (Å²) in [5.41, 5.74) is 1.69. The number of para-hydroxylation sites is 1. The minimum Gasteiger partial charge on any atom is -0.404 e. The van der Waals surface area contributed by atoms with Crippen LogP contribution in [-0.4, -0.2) is 53.3 Å². The van der Waals surface area contributed by atoms with Crippen LogP contribution in [-0.2, 0) is 0 Å². The zero-order valence-corrected chi connectivity index (χ0v) is 19.4. The largest absolute Gasteiger partial charge is 0.573 e. The second kappa shape index (κ2) is 11.1. The van der Waals surface area contributed by atoms with Crippen molar-refractivity contribution in [1.29, 1.82) is 0 Å². The van der Waals surface area contributed by atoms with Crippen LogP contribution in [0.15, 0.2) is 42.6 Å². The average molecular weight is 476 g/mol. The van der Waals surface area contributed by atoms with E-state index in [0.717, 1.165) is 43.1 Å². The van der Waals surface area contributed by atoms with E-state index in [1.54, 1.807) is 6.20 Å². The predicted octanol–water partition coefficient (Wildman–Crippen LogP) is 5.04. The van der Waals surface area contributed by atoms with Gasteiger partial charge in [-0.25, -0.2) is 9.97 Å². The molecule has 1 amide bonds. The molecule has 34 heavy (non-hydrogen) atoms. The van der Waals surface area contributed by atoms with Crippen molar-refractivity contribution in [2.75, 3.05) is 31.5 Å². The molecular formula is C24H28F3N5O2. The Morgan fingerprint density at radius 1 is 1.15 bits per heavy atom. The van der Waals surface area contributed by atoms with Gasteiger partial charge in [-0.3, -0.25) is 4.79 Å². The molecule has 0 saturated heterocycles. The molecule has 0 aliphatic carbocycles. The van der Waals surface area contributed by atoms with Crippen molar-refractivity contribution >= 4 is 28.4 Å². The number of benzene rings is 2. The van der Waals surface area contributed by atoms with Gasteiger partial charge in [0.15, 0.2) is 5.75 Å². The first-order valence-electron chi connectivity index (χ1n) is 11.1. The minimum absolute atomic E-state index is 0.0685. The first kappa shape index (κ1) is 25.2. The first-order chi connectivity index (χ1) is 16.2. The summed E-state index contributed by atoms with van der Waals surface area (Å²) >= 11 is 0. The number of amides is 1. The molecule has 182 valence electrons. The molecular weight excluding hydrogens is 447 g/mol. The molecule has 0 unspecified atom stereocenters. The number of carbonyl (C=O) groups excluding carboxylic acids is 1. The molecule has 0 atom stereocenters. The molecule has 2 aromatic carbocycles. The van der Waals surface area contributed by atoms with Crippen LogP contribution >= 0.6 is 0 Å². The van der Waals surface area contributed by atoms with Crippen LogP contribution in [0.25, 0.3) is 10.9 Å². The fourth-order valence-electron chi connectivity index (χ4n) is 3.51. The Morgan fingerprint density at radius 3 is 2.62 bits per heavy atom. The third-order valence-corrected chi connectivity index (χ3v) is 5.36. The highest BCUT2D eigenvalue weighted by Crippen LogP contribution is 2.33. The van der Waals surface area contributed by atoms with E-state index in [-0.39, 0.29) is 17.2 Å². The molecule has 0 aliphatic heterocycles. The minimum atomic E-state index is -4.90. The predicted molar refractivity (Wildman–Crippen MR) is 125 cm³/mol. The first-order valence-corrected chi connectivity index (χ1v) is 11.1. The summed E-state index contributed by atoms with van der Waals surface area (Å²) in [6, 6.07) is 9.28. The Morgan fingerprint density at radius 2 is 1.91 bits per heavy atom. The maximum atomic E-state index is 12.9. The quantitative estimate of drug-likeness (QED) is 0.400. The number of aryl methyl sites for hydroxylation is 1. The van der Waals surface area contributed by atoms with Crippen molar-refractivity contribution in [1.82, 2.24) is 20.2 Å². The van der Waals surface area contributed by atoms with Crippen molar-refractivity contribution in [3.05, 3.63) is 53.7 Å². The fraction of sp³-hybridized carbons (Fsp3) is 0.375. The number of aromatic nitrogens is 2. The number of nitrogens with zero attached hydrogens (tertiary/aromatic N) is 3. The average Bonchev–Trinajstić information content (AvgIpc) is 2.80. The molecule has 1 heterocycles. The van der Waals surface area contributed by atoms with Gasteiger partial charge in [-0.15, -0.1) is 13.2 Å². The molecule has 3 aromatic rings. The molecule has 0 radical (unpaired) electrons. The molecule has 0 bridgehead atoms. The van der Waals surface area contributed by atoms with Gasteiger partial charge in [-0.05, 0) is 56.7 Å². The molecule has 3 rings (SSSR count). The van der Waals surface area contributed by atoms with E-state index in [9.17, 15) is 18.0 Å². The van der Waals surface area contributed by atoms with Crippen LogP contribution < -0.4 is 15.4 Å². The van der Waals surface area contributed by atoms with Gasteiger partial charge in [0.1, 0.15) is 0 Å². The number of ether oxygens (including phenoxy) is 1. The van der Waals surface area contributed by atoms with Crippen LogP contribution in [0.3, 0.4) is 0 Å². The number of alkyl halides is 3. The maximum absolute atomic E-state index is 12.9. The Balaban J connectivity index is 1.80. The highest BCUT2D eigenvalue weighted by molar-refractivity contribution is 5.95. The number of halogens is 3. The Hall–Kier alpha value is -3.40. The smallest absolute Gasteiger partial charge is 0.404 e. The molecule has 0 fully saturated rings. The van der Waals surface area contributed by atoms with E-state index in [2.05, 4.69) is 44.1 Å². The highest BCUT2D eigenvalue weighted by atomic mass is 19.4.